The molecule has 0 saturated carbocycles. The molecule has 310 valence electrons. The minimum Gasteiger partial charge on any atom is -0.393 e. The van der Waals surface area contributed by atoms with Crippen molar-refractivity contribution in [3.05, 3.63) is 35.9 Å². The quantitative estimate of drug-likeness (QED) is 0.113. The lowest BCUT2D eigenvalue weighted by Crippen LogP contribution is -2.28. The molecule has 1 saturated heterocycles. The fraction of sp³-hybridized carbons (Fsp3) is 0.778. The van der Waals surface area contributed by atoms with Crippen molar-refractivity contribution in [1.82, 2.24) is 0 Å². The van der Waals surface area contributed by atoms with E-state index in [4.69, 9.17) is 9.47 Å². The van der Waals surface area contributed by atoms with E-state index in [0.717, 1.165) is 26.2 Å². The summed E-state index contributed by atoms with van der Waals surface area (Å²) in [6, 6.07) is 10.6. The number of hydrogen-bond donors (Lipinski definition) is 0. The molecule has 6 unspecified atom stereocenters. The second-order valence-electron chi connectivity index (χ2n) is 15.3. The number of benzene rings is 1. The van der Waals surface area contributed by atoms with Crippen molar-refractivity contribution in [1.29, 1.82) is 0 Å². The van der Waals surface area contributed by atoms with Crippen LogP contribution in [0.2, 0.25) is 0 Å². The monoisotopic (exact) mass is 741 g/mol. The van der Waals surface area contributed by atoms with Gasteiger partial charge in [0, 0.05) is 38.8 Å². The summed E-state index contributed by atoms with van der Waals surface area (Å²) in [4.78, 5) is 42.6. The first-order valence-corrected chi connectivity index (χ1v) is 18.4. The van der Waals surface area contributed by atoms with E-state index >= 15 is 0 Å². The largest absolute Gasteiger partial charge is 0.393 e. The number of carbonyl (C=O) groups excluding carboxylic acids is 4. The third-order valence-corrected chi connectivity index (χ3v) is 10.4. The third-order valence-electron chi connectivity index (χ3n) is 10.4. The topological polar surface area (TPSA) is 96.0 Å². The van der Waals surface area contributed by atoms with Crippen molar-refractivity contribution in [2.24, 2.45) is 40.4 Å². The lowest BCUT2D eigenvalue weighted by atomic mass is 9.68. The van der Waals surface area contributed by atoms with E-state index in [9.17, 15) is 19.2 Å². The Morgan fingerprint density at radius 3 is 1.42 bits per heavy atom. The summed E-state index contributed by atoms with van der Waals surface area (Å²) in [5.41, 5.74) is 2.37. The van der Waals surface area contributed by atoms with Crippen molar-refractivity contribution in [3.8, 4) is 0 Å². The summed E-state index contributed by atoms with van der Waals surface area (Å²) in [6.07, 6.45) is 4.69. The number of carbonyl (C=O) groups is 4. The molecule has 1 heterocycles. The molecular weight excluding hydrogens is 652 g/mol. The van der Waals surface area contributed by atoms with E-state index in [1.54, 1.807) is 34.8 Å². The fourth-order valence-corrected chi connectivity index (χ4v) is 3.65. The molecule has 1 aromatic rings. The number of cyclic esters (lactones) is 2. The summed E-state index contributed by atoms with van der Waals surface area (Å²) in [5.74, 6) is 0.0224. The minimum atomic E-state index is -0.396. The predicted molar refractivity (Wildman–Crippen MR) is 225 cm³/mol. The number of hydrogen-bond acceptors (Lipinski definition) is 7. The maximum absolute atomic E-state index is 10.7. The van der Waals surface area contributed by atoms with Crippen LogP contribution in [0.1, 0.15) is 170 Å². The van der Waals surface area contributed by atoms with Crippen molar-refractivity contribution < 1.29 is 33.4 Å². The first-order chi connectivity index (χ1) is 22.6. The molecular formula is C45H88O7. The van der Waals surface area contributed by atoms with Crippen LogP contribution in [0.5, 0.6) is 0 Å². The number of esters is 2. The highest BCUT2D eigenvalue weighted by molar-refractivity contribution is 5.95. The highest BCUT2D eigenvalue weighted by Crippen LogP contribution is 2.40. The normalized spacial score (nSPS) is 16.9. The van der Waals surface area contributed by atoms with E-state index in [1.807, 2.05) is 0 Å². The zero-order valence-corrected chi connectivity index (χ0v) is 34.7. The Hall–Kier alpha value is -2.38. The molecule has 0 aliphatic carbocycles. The summed E-state index contributed by atoms with van der Waals surface area (Å²) in [7, 11) is 1.72. The van der Waals surface area contributed by atoms with Crippen molar-refractivity contribution in [2.45, 2.75) is 165 Å². The van der Waals surface area contributed by atoms with Crippen LogP contribution in [0.3, 0.4) is 0 Å². The van der Waals surface area contributed by atoms with Gasteiger partial charge in [0.05, 0.1) is 11.8 Å². The molecule has 52 heavy (non-hydrogen) atoms. The molecule has 0 spiro atoms. The zero-order valence-electron chi connectivity index (χ0n) is 34.7. The standard InChI is InChI=1S/C10H14.C9H20O2.C9H20.C8H14O2.C6H8O3.3CH4/c1-3-9(2)10-7-5-4-6-8-10;1-4-9(2)8-11-7-5-6-10-3;1-7-9(5,6)8(2,3)4;1-5(7(3)9)6(2)8(4)10;1-3-4(2)6(8)9-5(3)7;;;/h4-9H,3H2,1-2H3;9H,4-8H2,1-3H3;7H2,1-6H3;5-6H,1-4H3;3-4H,1-2H3;3*1H4. The van der Waals surface area contributed by atoms with Gasteiger partial charge in [-0.2, -0.15) is 0 Å². The number of ketones is 2. The van der Waals surface area contributed by atoms with Crippen LogP contribution in [0.15, 0.2) is 30.3 Å². The van der Waals surface area contributed by atoms with Gasteiger partial charge in [-0.15, -0.1) is 0 Å². The molecule has 6 atom stereocenters. The van der Waals surface area contributed by atoms with Crippen LogP contribution in [-0.2, 0) is 33.4 Å². The average molecular weight is 741 g/mol. The van der Waals surface area contributed by atoms with E-state index in [0.29, 0.717) is 22.7 Å². The van der Waals surface area contributed by atoms with E-state index in [-0.39, 0.29) is 57.5 Å². The Balaban J connectivity index is -0.000000126. The second-order valence-corrected chi connectivity index (χ2v) is 15.3. The lowest BCUT2D eigenvalue weighted by Gasteiger charge is -2.37. The van der Waals surface area contributed by atoms with Gasteiger partial charge >= 0.3 is 11.9 Å². The van der Waals surface area contributed by atoms with Gasteiger partial charge in [-0.25, -0.2) is 0 Å². The zero-order chi connectivity index (χ0) is 39.0. The number of methoxy groups -OCH3 is 1. The molecule has 0 aromatic heterocycles. The Morgan fingerprint density at radius 2 is 1.17 bits per heavy atom. The minimum absolute atomic E-state index is 0. The molecule has 0 radical (unpaired) electrons. The number of Topliss-reactive ketones (excluding diaryl/α,β-unsaturated/α-hetero) is 2. The van der Waals surface area contributed by atoms with Gasteiger partial charge < -0.3 is 14.2 Å². The Morgan fingerprint density at radius 1 is 0.750 bits per heavy atom. The van der Waals surface area contributed by atoms with Gasteiger partial charge in [0.2, 0.25) is 0 Å². The Kier molecular flexibility index (Phi) is 39.4. The smallest absolute Gasteiger partial charge is 0.317 e. The predicted octanol–water partition coefficient (Wildman–Crippen LogP) is 12.4. The molecule has 7 nitrogen and oxygen atoms in total. The Labute approximate surface area is 324 Å². The second kappa shape index (κ2) is 33.2. The SMILES string of the molecule is C.C.C.CC(=O)C(C)C(C)C(C)=O.CC1C(=O)OC(=O)C1C.CCC(C)(C)C(C)(C)C.CCC(C)COCCCOC.CCC(C)c1ccccc1. The van der Waals surface area contributed by atoms with Crippen LogP contribution in [0, 0.1) is 40.4 Å². The average Bonchev–Trinajstić information content (AvgIpc) is 3.28. The van der Waals surface area contributed by atoms with Crippen molar-refractivity contribution in [3.63, 3.8) is 0 Å². The number of rotatable bonds is 13. The molecule has 2 rings (SSSR count). The summed E-state index contributed by atoms with van der Waals surface area (Å²) in [6.45, 7) is 35.2. The molecule has 1 fully saturated rings. The molecule has 0 N–H and O–H groups in total. The van der Waals surface area contributed by atoms with E-state index < -0.39 is 11.9 Å². The summed E-state index contributed by atoms with van der Waals surface area (Å²) >= 11 is 0. The molecule has 1 aromatic carbocycles. The van der Waals surface area contributed by atoms with Gasteiger partial charge in [0.1, 0.15) is 11.6 Å². The highest BCUT2D eigenvalue weighted by atomic mass is 16.6. The maximum atomic E-state index is 10.7. The van der Waals surface area contributed by atoms with Crippen LogP contribution >= 0.6 is 0 Å². The van der Waals surface area contributed by atoms with E-state index in [1.165, 1.54) is 38.7 Å². The van der Waals surface area contributed by atoms with E-state index in [2.05, 4.69) is 104 Å². The van der Waals surface area contributed by atoms with Crippen molar-refractivity contribution >= 4 is 23.5 Å². The van der Waals surface area contributed by atoms with Gasteiger partial charge in [0.25, 0.3) is 0 Å². The number of ether oxygens (including phenoxy) is 3. The molecule has 0 bridgehead atoms. The van der Waals surface area contributed by atoms with Gasteiger partial charge in [0.15, 0.2) is 0 Å². The molecule has 1 aliphatic rings. The van der Waals surface area contributed by atoms with Crippen LogP contribution in [-0.4, -0.2) is 50.4 Å². The van der Waals surface area contributed by atoms with Crippen LogP contribution in [0.25, 0.3) is 0 Å². The lowest BCUT2D eigenvalue weighted by molar-refractivity contribution is -0.153. The fourth-order valence-electron chi connectivity index (χ4n) is 3.65. The maximum Gasteiger partial charge on any atom is 0.317 e. The summed E-state index contributed by atoms with van der Waals surface area (Å²) in [5, 5.41) is 0. The third kappa shape index (κ3) is 28.2. The first-order valence-electron chi connectivity index (χ1n) is 18.4. The molecule has 7 heteroatoms. The first kappa shape index (κ1) is 61.6. The highest BCUT2D eigenvalue weighted by Gasteiger charge is 2.37. The van der Waals surface area contributed by atoms with Crippen LogP contribution in [0.4, 0.5) is 0 Å². The van der Waals surface area contributed by atoms with Crippen molar-refractivity contribution in [2.75, 3.05) is 26.9 Å². The molecule has 1 aliphatic heterocycles. The van der Waals surface area contributed by atoms with Gasteiger partial charge in [-0.3, -0.25) is 19.2 Å². The van der Waals surface area contributed by atoms with Gasteiger partial charge in [-0.1, -0.05) is 162 Å². The molecule has 0 amide bonds. The van der Waals surface area contributed by atoms with Gasteiger partial charge in [-0.05, 0) is 54.9 Å². The Bertz CT molecular complexity index is 990. The summed E-state index contributed by atoms with van der Waals surface area (Å²) < 4.78 is 14.6. The van der Waals surface area contributed by atoms with Crippen LogP contribution < -0.4 is 0 Å².